The summed E-state index contributed by atoms with van der Waals surface area (Å²) in [5.74, 6) is -0.922. The van der Waals surface area contributed by atoms with E-state index in [1.165, 1.54) is 0 Å². The highest BCUT2D eigenvalue weighted by atomic mass is 79.9. The summed E-state index contributed by atoms with van der Waals surface area (Å²) in [4.78, 5) is 38.5. The number of hydrogen-bond donors (Lipinski definition) is 1. The molecule has 2 aliphatic carbocycles. The van der Waals surface area contributed by atoms with E-state index in [1.54, 1.807) is 12.1 Å². The van der Waals surface area contributed by atoms with E-state index in [2.05, 4.69) is 21.2 Å². The molecule has 24 heavy (non-hydrogen) atoms. The van der Waals surface area contributed by atoms with Crippen LogP contribution in [0.3, 0.4) is 0 Å². The smallest absolute Gasteiger partial charge is 0.244 e. The SMILES string of the molecule is Cc1ccc(NC(=O)CN2C(=O)[C@@H]3[C@@H](C2=O)[C@H]2C=C[C@H]3C2)cc1Br. The maximum absolute atomic E-state index is 12.6. The molecule has 1 aromatic carbocycles. The predicted molar refractivity (Wildman–Crippen MR) is 91.9 cm³/mol. The fourth-order valence-electron chi connectivity index (χ4n) is 4.13. The van der Waals surface area contributed by atoms with Crippen molar-refractivity contribution in [3.63, 3.8) is 0 Å². The van der Waals surface area contributed by atoms with Gasteiger partial charge in [0.1, 0.15) is 6.54 Å². The molecule has 4 atom stereocenters. The lowest BCUT2D eigenvalue weighted by molar-refractivity contribution is -0.143. The van der Waals surface area contributed by atoms with Crippen LogP contribution < -0.4 is 5.32 Å². The fourth-order valence-corrected chi connectivity index (χ4v) is 4.51. The molecule has 0 spiro atoms. The normalized spacial score (nSPS) is 30.2. The lowest BCUT2D eigenvalue weighted by atomic mass is 9.85. The Hall–Kier alpha value is -1.95. The van der Waals surface area contributed by atoms with Crippen LogP contribution in [0, 0.1) is 30.6 Å². The maximum atomic E-state index is 12.6. The number of halogens is 1. The zero-order chi connectivity index (χ0) is 17.0. The number of hydrogen-bond acceptors (Lipinski definition) is 3. The van der Waals surface area contributed by atoms with Crippen molar-refractivity contribution >= 4 is 39.3 Å². The van der Waals surface area contributed by atoms with Crippen molar-refractivity contribution in [2.75, 3.05) is 11.9 Å². The third-order valence-corrected chi connectivity index (χ3v) is 6.17. The predicted octanol–water partition coefficient (Wildman–Crippen LogP) is 2.50. The van der Waals surface area contributed by atoms with E-state index in [4.69, 9.17) is 0 Å². The van der Waals surface area contributed by atoms with E-state index in [1.807, 2.05) is 25.1 Å². The highest BCUT2D eigenvalue weighted by Gasteiger charge is 2.59. The van der Waals surface area contributed by atoms with Gasteiger partial charge in [0.05, 0.1) is 11.8 Å². The molecule has 0 radical (unpaired) electrons. The van der Waals surface area contributed by atoms with Crippen molar-refractivity contribution in [2.45, 2.75) is 13.3 Å². The quantitative estimate of drug-likeness (QED) is 0.638. The first kappa shape index (κ1) is 15.6. The monoisotopic (exact) mass is 388 g/mol. The Morgan fingerprint density at radius 2 is 1.83 bits per heavy atom. The average molecular weight is 389 g/mol. The third-order valence-electron chi connectivity index (χ3n) is 5.32. The fraction of sp³-hybridized carbons (Fsp3) is 0.389. The molecule has 0 aromatic heterocycles. The Kier molecular flexibility index (Phi) is 3.60. The van der Waals surface area contributed by atoms with Gasteiger partial charge in [-0.15, -0.1) is 0 Å². The first-order valence-corrected chi connectivity index (χ1v) is 8.84. The molecule has 124 valence electrons. The Morgan fingerprint density at radius 1 is 1.21 bits per heavy atom. The van der Waals surface area contributed by atoms with Gasteiger partial charge in [-0.3, -0.25) is 19.3 Å². The molecule has 4 rings (SSSR count). The lowest BCUT2D eigenvalue weighted by Crippen LogP contribution is -2.39. The minimum absolute atomic E-state index is 0.164. The minimum Gasteiger partial charge on any atom is -0.324 e. The standard InChI is InChI=1S/C18H17BrN2O3/c1-9-2-5-12(7-13(9)19)20-14(22)8-21-17(23)15-10-3-4-11(6-10)16(15)18(21)24/h2-5,7,10-11,15-16H,6,8H2,1H3,(H,20,22)/t10-,11-,15-,16-/m0/s1. The topological polar surface area (TPSA) is 66.5 Å². The van der Waals surface area contributed by atoms with Crippen LogP contribution in [0.5, 0.6) is 0 Å². The number of carbonyl (C=O) groups excluding carboxylic acids is 3. The number of nitrogens with one attached hydrogen (secondary N) is 1. The van der Waals surface area contributed by atoms with Crippen LogP contribution in [0.25, 0.3) is 0 Å². The molecule has 1 N–H and O–H groups in total. The second kappa shape index (κ2) is 5.55. The molecule has 1 saturated heterocycles. The van der Waals surface area contributed by atoms with Gasteiger partial charge in [0.15, 0.2) is 0 Å². The second-order valence-electron chi connectivity index (χ2n) is 6.77. The molecule has 1 heterocycles. The molecule has 1 aliphatic heterocycles. The number of amides is 3. The van der Waals surface area contributed by atoms with Crippen LogP contribution in [-0.4, -0.2) is 29.2 Å². The molecule has 5 nitrogen and oxygen atoms in total. The Morgan fingerprint density at radius 3 is 2.42 bits per heavy atom. The van der Waals surface area contributed by atoms with E-state index in [0.29, 0.717) is 5.69 Å². The summed E-state index contributed by atoms with van der Waals surface area (Å²) < 4.78 is 0.894. The molecule has 1 saturated carbocycles. The summed E-state index contributed by atoms with van der Waals surface area (Å²) in [6.07, 6.45) is 4.99. The number of anilines is 1. The van der Waals surface area contributed by atoms with Crippen LogP contribution >= 0.6 is 15.9 Å². The zero-order valence-corrected chi connectivity index (χ0v) is 14.7. The van der Waals surface area contributed by atoms with Crippen molar-refractivity contribution < 1.29 is 14.4 Å². The summed E-state index contributed by atoms with van der Waals surface area (Å²) in [5.41, 5.74) is 1.70. The molecule has 3 amide bonds. The third kappa shape index (κ3) is 2.32. The molecule has 2 fully saturated rings. The molecular weight excluding hydrogens is 372 g/mol. The molecule has 3 aliphatic rings. The number of benzene rings is 1. The van der Waals surface area contributed by atoms with Gasteiger partial charge in [-0.05, 0) is 42.9 Å². The number of carbonyl (C=O) groups is 3. The van der Waals surface area contributed by atoms with E-state index >= 15 is 0 Å². The van der Waals surface area contributed by atoms with Gasteiger partial charge in [0.2, 0.25) is 17.7 Å². The molecule has 2 bridgehead atoms. The van der Waals surface area contributed by atoms with Crippen LogP contribution in [0.2, 0.25) is 0 Å². The maximum Gasteiger partial charge on any atom is 0.244 e. The first-order valence-electron chi connectivity index (χ1n) is 8.05. The van der Waals surface area contributed by atoms with Crippen LogP contribution in [-0.2, 0) is 14.4 Å². The summed E-state index contributed by atoms with van der Waals surface area (Å²) in [7, 11) is 0. The highest BCUT2D eigenvalue weighted by Crippen LogP contribution is 2.52. The highest BCUT2D eigenvalue weighted by molar-refractivity contribution is 9.10. The molecule has 1 aromatic rings. The van der Waals surface area contributed by atoms with Gasteiger partial charge < -0.3 is 5.32 Å². The van der Waals surface area contributed by atoms with Gasteiger partial charge in [-0.2, -0.15) is 0 Å². The van der Waals surface area contributed by atoms with E-state index < -0.39 is 0 Å². The summed E-state index contributed by atoms with van der Waals surface area (Å²) in [5, 5.41) is 2.75. The largest absolute Gasteiger partial charge is 0.324 e. The number of nitrogens with zero attached hydrogens (tertiary/aromatic N) is 1. The van der Waals surface area contributed by atoms with Gasteiger partial charge in [-0.25, -0.2) is 0 Å². The second-order valence-corrected chi connectivity index (χ2v) is 7.63. The van der Waals surface area contributed by atoms with E-state index in [9.17, 15) is 14.4 Å². The lowest BCUT2D eigenvalue weighted by Gasteiger charge is -2.17. The van der Waals surface area contributed by atoms with Crippen LogP contribution in [0.4, 0.5) is 5.69 Å². The summed E-state index contributed by atoms with van der Waals surface area (Å²) in [6.45, 7) is 1.74. The van der Waals surface area contributed by atoms with Gasteiger partial charge in [0, 0.05) is 10.2 Å². The van der Waals surface area contributed by atoms with Gasteiger partial charge >= 0.3 is 0 Å². The van der Waals surface area contributed by atoms with Crippen LogP contribution in [0.15, 0.2) is 34.8 Å². The number of fused-ring (bicyclic) bond motifs is 5. The number of imide groups is 1. The van der Waals surface area contributed by atoms with Crippen molar-refractivity contribution in [3.8, 4) is 0 Å². The molecule has 6 heteroatoms. The zero-order valence-electron chi connectivity index (χ0n) is 13.2. The van der Waals surface area contributed by atoms with Crippen molar-refractivity contribution in [3.05, 3.63) is 40.4 Å². The van der Waals surface area contributed by atoms with E-state index in [0.717, 1.165) is 21.4 Å². The minimum atomic E-state index is -0.354. The number of aryl methyl sites for hydroxylation is 1. The van der Waals surface area contributed by atoms with Crippen LogP contribution in [0.1, 0.15) is 12.0 Å². The van der Waals surface area contributed by atoms with E-state index in [-0.39, 0.29) is 47.9 Å². The van der Waals surface area contributed by atoms with Crippen molar-refractivity contribution in [1.29, 1.82) is 0 Å². The Balaban J connectivity index is 1.46. The Bertz CT molecular complexity index is 758. The number of rotatable bonds is 3. The van der Waals surface area contributed by atoms with Gasteiger partial charge in [-0.1, -0.05) is 34.1 Å². The Labute approximate surface area is 148 Å². The van der Waals surface area contributed by atoms with Crippen molar-refractivity contribution in [2.24, 2.45) is 23.7 Å². The summed E-state index contributed by atoms with van der Waals surface area (Å²) >= 11 is 3.42. The average Bonchev–Trinajstić information content (AvgIpc) is 3.21. The first-order chi connectivity index (χ1) is 11.5. The number of allylic oxidation sites excluding steroid dienone is 2. The molecular formula is C18H17BrN2O3. The van der Waals surface area contributed by atoms with Crippen molar-refractivity contribution in [1.82, 2.24) is 4.90 Å². The summed E-state index contributed by atoms with van der Waals surface area (Å²) in [6, 6.07) is 5.49. The number of likely N-dealkylation sites (tertiary alicyclic amines) is 1. The molecule has 0 unspecified atom stereocenters. The van der Waals surface area contributed by atoms with Gasteiger partial charge in [0.25, 0.3) is 0 Å².